The molecule has 1 aromatic carbocycles. The lowest BCUT2D eigenvalue weighted by Crippen LogP contribution is -1.82. The van der Waals surface area contributed by atoms with Crippen LogP contribution in [0.2, 0.25) is 5.02 Å². The van der Waals surface area contributed by atoms with Gasteiger partial charge in [-0.05, 0) is 23.8 Å². The fraction of sp³-hybridized carbons (Fsp3) is 0.100. The van der Waals surface area contributed by atoms with Crippen LogP contribution in [0.15, 0.2) is 24.3 Å². The largest absolute Gasteiger partial charge is 0.392 e. The zero-order valence-corrected chi connectivity index (χ0v) is 7.62. The van der Waals surface area contributed by atoms with Gasteiger partial charge in [0.25, 0.3) is 0 Å². The highest BCUT2D eigenvalue weighted by Crippen LogP contribution is 2.16. The number of benzene rings is 1. The third-order valence-electron chi connectivity index (χ3n) is 1.54. The van der Waals surface area contributed by atoms with Gasteiger partial charge < -0.3 is 5.11 Å². The van der Waals surface area contributed by atoms with Crippen molar-refractivity contribution in [1.29, 1.82) is 5.26 Å². The van der Waals surface area contributed by atoms with Crippen LogP contribution in [0.3, 0.4) is 0 Å². The monoisotopic (exact) mass is 193 g/mol. The van der Waals surface area contributed by atoms with Crippen molar-refractivity contribution in [2.75, 3.05) is 6.61 Å². The fourth-order valence-electron chi connectivity index (χ4n) is 0.953. The van der Waals surface area contributed by atoms with Gasteiger partial charge in [-0.15, -0.1) is 0 Å². The zero-order valence-electron chi connectivity index (χ0n) is 6.87. The van der Waals surface area contributed by atoms with E-state index in [-0.39, 0.29) is 6.61 Å². The highest BCUT2D eigenvalue weighted by Gasteiger charge is 1.98. The number of nitrogens with zero attached hydrogens (tertiary/aromatic N) is 1. The minimum Gasteiger partial charge on any atom is -0.392 e. The molecule has 0 aromatic heterocycles. The summed E-state index contributed by atoms with van der Waals surface area (Å²) in [6.45, 7) is -0.0443. The van der Waals surface area contributed by atoms with Crippen molar-refractivity contribution in [2.45, 2.75) is 0 Å². The zero-order chi connectivity index (χ0) is 9.68. The molecule has 0 fully saturated rings. The molecule has 1 aromatic rings. The first-order valence-electron chi connectivity index (χ1n) is 3.75. The summed E-state index contributed by atoms with van der Waals surface area (Å²) in [5.74, 6) is 0. The standard InChI is InChI=1S/C10H8ClNO/c11-10-4-3-9(7-12)8(6-10)2-1-5-13/h1-4,6,13H,5H2. The number of halogens is 1. The first kappa shape index (κ1) is 9.79. The van der Waals surface area contributed by atoms with E-state index >= 15 is 0 Å². The number of aliphatic hydroxyl groups is 1. The van der Waals surface area contributed by atoms with E-state index in [4.69, 9.17) is 22.0 Å². The minimum atomic E-state index is -0.0443. The molecule has 3 heteroatoms. The molecule has 2 nitrogen and oxygen atoms in total. The molecule has 0 aliphatic heterocycles. The summed E-state index contributed by atoms with van der Waals surface area (Å²) in [5, 5.41) is 17.9. The van der Waals surface area contributed by atoms with Crippen LogP contribution in [0.1, 0.15) is 11.1 Å². The van der Waals surface area contributed by atoms with Gasteiger partial charge in [0, 0.05) is 5.02 Å². The second-order valence-electron chi connectivity index (χ2n) is 2.43. The van der Waals surface area contributed by atoms with E-state index in [2.05, 4.69) is 0 Å². The molecular formula is C10H8ClNO. The molecule has 0 unspecified atom stereocenters. The quantitative estimate of drug-likeness (QED) is 0.783. The normalized spacial score (nSPS) is 10.2. The molecule has 0 aliphatic carbocycles. The molecule has 0 amide bonds. The summed E-state index contributed by atoms with van der Waals surface area (Å²) in [6.07, 6.45) is 3.23. The van der Waals surface area contributed by atoms with Crippen LogP contribution in [-0.2, 0) is 0 Å². The van der Waals surface area contributed by atoms with Crippen LogP contribution in [0.25, 0.3) is 6.08 Å². The Bertz CT molecular complexity index is 366. The third-order valence-corrected chi connectivity index (χ3v) is 1.77. The number of nitriles is 1. The van der Waals surface area contributed by atoms with Gasteiger partial charge in [-0.3, -0.25) is 0 Å². The molecule has 0 atom stereocenters. The van der Waals surface area contributed by atoms with E-state index in [1.807, 2.05) is 6.07 Å². The summed E-state index contributed by atoms with van der Waals surface area (Å²) in [7, 11) is 0. The maximum Gasteiger partial charge on any atom is 0.0997 e. The predicted octanol–water partition coefficient (Wildman–Crippen LogP) is 2.22. The van der Waals surface area contributed by atoms with E-state index in [9.17, 15) is 0 Å². The Morgan fingerprint density at radius 2 is 2.31 bits per heavy atom. The molecule has 1 rings (SSSR count). The van der Waals surface area contributed by atoms with Crippen LogP contribution in [-0.4, -0.2) is 11.7 Å². The summed E-state index contributed by atoms with van der Waals surface area (Å²) in [6, 6.07) is 7.04. The van der Waals surface area contributed by atoms with Crippen molar-refractivity contribution in [3.63, 3.8) is 0 Å². The molecule has 0 heterocycles. The summed E-state index contributed by atoms with van der Waals surface area (Å²) < 4.78 is 0. The van der Waals surface area contributed by atoms with Crippen LogP contribution < -0.4 is 0 Å². The number of rotatable bonds is 2. The van der Waals surface area contributed by atoms with Gasteiger partial charge in [-0.1, -0.05) is 23.8 Å². The van der Waals surface area contributed by atoms with E-state index in [0.717, 1.165) is 5.56 Å². The van der Waals surface area contributed by atoms with Crippen molar-refractivity contribution < 1.29 is 5.11 Å². The fourth-order valence-corrected chi connectivity index (χ4v) is 1.13. The van der Waals surface area contributed by atoms with Gasteiger partial charge in [0.1, 0.15) is 0 Å². The second-order valence-corrected chi connectivity index (χ2v) is 2.86. The minimum absolute atomic E-state index is 0.0443. The molecule has 0 bridgehead atoms. The summed E-state index contributed by atoms with van der Waals surface area (Å²) in [5.41, 5.74) is 1.28. The number of hydrogen-bond acceptors (Lipinski definition) is 2. The van der Waals surface area contributed by atoms with Crippen molar-refractivity contribution in [3.8, 4) is 6.07 Å². The second kappa shape index (κ2) is 4.66. The van der Waals surface area contributed by atoms with Gasteiger partial charge in [0.2, 0.25) is 0 Å². The Hall–Kier alpha value is -1.30. The van der Waals surface area contributed by atoms with E-state index in [1.54, 1.807) is 30.4 Å². The third kappa shape index (κ3) is 2.59. The van der Waals surface area contributed by atoms with Gasteiger partial charge in [0.15, 0.2) is 0 Å². The predicted molar refractivity (Wildman–Crippen MR) is 52.3 cm³/mol. The highest BCUT2D eigenvalue weighted by molar-refractivity contribution is 6.30. The molecular weight excluding hydrogens is 186 g/mol. The van der Waals surface area contributed by atoms with Crippen LogP contribution in [0.4, 0.5) is 0 Å². The Morgan fingerprint density at radius 1 is 1.54 bits per heavy atom. The Kier molecular flexibility index (Phi) is 3.51. The Balaban J connectivity index is 3.10. The molecule has 66 valence electrons. The van der Waals surface area contributed by atoms with E-state index < -0.39 is 0 Å². The van der Waals surface area contributed by atoms with E-state index in [0.29, 0.717) is 10.6 Å². The Labute approximate surface area is 81.7 Å². The molecule has 13 heavy (non-hydrogen) atoms. The number of hydrogen-bond donors (Lipinski definition) is 1. The topological polar surface area (TPSA) is 44.0 Å². The van der Waals surface area contributed by atoms with Crippen LogP contribution >= 0.6 is 11.6 Å². The average molecular weight is 194 g/mol. The van der Waals surface area contributed by atoms with Crippen molar-refractivity contribution in [3.05, 3.63) is 40.4 Å². The molecule has 0 saturated carbocycles. The SMILES string of the molecule is N#Cc1ccc(Cl)cc1C=CCO. The highest BCUT2D eigenvalue weighted by atomic mass is 35.5. The molecule has 0 radical (unpaired) electrons. The number of aliphatic hydroxyl groups excluding tert-OH is 1. The van der Waals surface area contributed by atoms with Crippen molar-refractivity contribution in [2.24, 2.45) is 0 Å². The first-order valence-corrected chi connectivity index (χ1v) is 4.13. The lowest BCUT2D eigenvalue weighted by molar-refractivity contribution is 0.343. The lowest BCUT2D eigenvalue weighted by atomic mass is 10.1. The van der Waals surface area contributed by atoms with Gasteiger partial charge in [-0.25, -0.2) is 0 Å². The lowest BCUT2D eigenvalue weighted by Gasteiger charge is -1.97. The van der Waals surface area contributed by atoms with Gasteiger partial charge in [0.05, 0.1) is 18.2 Å². The molecule has 0 saturated heterocycles. The molecule has 1 N–H and O–H groups in total. The van der Waals surface area contributed by atoms with E-state index in [1.165, 1.54) is 0 Å². The summed E-state index contributed by atoms with van der Waals surface area (Å²) in [4.78, 5) is 0. The van der Waals surface area contributed by atoms with Crippen LogP contribution in [0.5, 0.6) is 0 Å². The van der Waals surface area contributed by atoms with Crippen molar-refractivity contribution >= 4 is 17.7 Å². The smallest absolute Gasteiger partial charge is 0.0997 e. The maximum absolute atomic E-state index is 8.72. The van der Waals surface area contributed by atoms with Crippen molar-refractivity contribution in [1.82, 2.24) is 0 Å². The average Bonchev–Trinajstić information content (AvgIpc) is 2.15. The maximum atomic E-state index is 8.72. The summed E-state index contributed by atoms with van der Waals surface area (Å²) >= 11 is 5.75. The van der Waals surface area contributed by atoms with Crippen LogP contribution in [0, 0.1) is 11.3 Å². The molecule has 0 aliphatic rings. The Morgan fingerprint density at radius 3 is 2.92 bits per heavy atom. The van der Waals surface area contributed by atoms with Gasteiger partial charge >= 0.3 is 0 Å². The van der Waals surface area contributed by atoms with Gasteiger partial charge in [-0.2, -0.15) is 5.26 Å². The molecule has 0 spiro atoms. The first-order chi connectivity index (χ1) is 6.27.